The molecule has 2 atom stereocenters. The highest BCUT2D eigenvalue weighted by atomic mass is 31.2. The van der Waals surface area contributed by atoms with Crippen molar-refractivity contribution in [3.63, 3.8) is 0 Å². The first kappa shape index (κ1) is 52.5. The van der Waals surface area contributed by atoms with Gasteiger partial charge in [0, 0.05) is 19.4 Å². The van der Waals surface area contributed by atoms with Crippen molar-refractivity contribution in [2.45, 2.75) is 219 Å². The molecule has 0 radical (unpaired) electrons. The molecule has 0 aromatic rings. The van der Waals surface area contributed by atoms with Crippen molar-refractivity contribution in [1.82, 2.24) is 5.32 Å². The van der Waals surface area contributed by atoms with Crippen molar-refractivity contribution in [3.8, 4) is 0 Å². The fraction of sp³-hybridized carbons (Fsp3) is 0.864. The molecule has 0 saturated heterocycles. The van der Waals surface area contributed by atoms with E-state index < -0.39 is 26.5 Å². The molecular weight excluding hydrogens is 701 g/mol. The Kier molecular flexibility index (Phi) is 40.0. The van der Waals surface area contributed by atoms with E-state index in [1.54, 1.807) is 0 Å². The van der Waals surface area contributed by atoms with Gasteiger partial charge >= 0.3 is 13.8 Å². The minimum Gasteiger partial charge on any atom is -0.463 e. The van der Waals surface area contributed by atoms with E-state index in [0.717, 1.165) is 44.9 Å². The number of carbonyl (C=O) groups is 2. The predicted octanol–water partition coefficient (Wildman–Crippen LogP) is 12.4. The number of aliphatic hydroxyl groups is 1. The summed E-state index contributed by atoms with van der Waals surface area (Å²) in [6.07, 6.45) is 44.0. The number of hydrogen-bond donors (Lipinski definition) is 3. The topological polar surface area (TPSA) is 131 Å². The van der Waals surface area contributed by atoms with Crippen molar-refractivity contribution in [3.05, 3.63) is 24.3 Å². The maximum absolute atomic E-state index is 12.1. The number of carbonyl (C=O) groups excluding carboxylic acids is 2. The van der Waals surface area contributed by atoms with Crippen LogP contribution in [0.4, 0.5) is 0 Å². The number of unbranched alkanes of at least 4 members (excludes halogenated alkanes) is 25. The zero-order chi connectivity index (χ0) is 39.6. The highest BCUT2D eigenvalue weighted by Gasteiger charge is 2.23. The lowest BCUT2D eigenvalue weighted by atomic mass is 10.0. The van der Waals surface area contributed by atoms with Gasteiger partial charge in [0.05, 0.1) is 13.2 Å². The summed E-state index contributed by atoms with van der Waals surface area (Å²) in [6, 6.07) is 0. The van der Waals surface area contributed by atoms with Crippen LogP contribution in [0.1, 0.15) is 213 Å². The summed E-state index contributed by atoms with van der Waals surface area (Å²) >= 11 is 0. The van der Waals surface area contributed by atoms with Gasteiger partial charge < -0.3 is 20.1 Å². The molecule has 0 fully saturated rings. The molecule has 0 saturated carbocycles. The van der Waals surface area contributed by atoms with E-state index in [4.69, 9.17) is 13.8 Å². The summed E-state index contributed by atoms with van der Waals surface area (Å²) in [5.74, 6) is -0.513. The molecule has 3 N–H and O–H groups in total. The van der Waals surface area contributed by atoms with Gasteiger partial charge in [-0.15, -0.1) is 0 Å². The Hall–Kier alpha value is -1.51. The Morgan fingerprint density at radius 2 is 1.00 bits per heavy atom. The number of hydrogen-bond acceptors (Lipinski definition) is 7. The van der Waals surface area contributed by atoms with Crippen LogP contribution in [0, 0.1) is 0 Å². The number of esters is 1. The Morgan fingerprint density at radius 3 is 1.52 bits per heavy atom. The van der Waals surface area contributed by atoms with Gasteiger partial charge in [0.2, 0.25) is 5.91 Å². The summed E-state index contributed by atoms with van der Waals surface area (Å²) in [5, 5.41) is 12.7. The molecule has 0 aliphatic rings. The van der Waals surface area contributed by atoms with Gasteiger partial charge in [-0.25, -0.2) is 4.57 Å². The largest absolute Gasteiger partial charge is 0.472 e. The Labute approximate surface area is 331 Å². The maximum Gasteiger partial charge on any atom is 0.472 e. The number of phosphoric ester groups is 1. The van der Waals surface area contributed by atoms with Gasteiger partial charge in [-0.1, -0.05) is 179 Å². The first-order valence-corrected chi connectivity index (χ1v) is 23.8. The number of rotatable bonds is 42. The van der Waals surface area contributed by atoms with Crippen molar-refractivity contribution >= 4 is 19.7 Å². The number of allylic oxidation sites excluding steroid dienone is 4. The second kappa shape index (κ2) is 41.1. The SMILES string of the molecule is CCCCC/C=C\C/C=C\CCCCCCCCCCCCCCCC(=O)OCC(O)COP(=O)(O)OCCNC(=O)CCCCCCCCCCCC. The number of nitrogens with one attached hydrogen (secondary N) is 1. The van der Waals surface area contributed by atoms with Crippen LogP contribution in [0.2, 0.25) is 0 Å². The molecule has 10 heteroatoms. The lowest BCUT2D eigenvalue weighted by Crippen LogP contribution is -2.27. The quantitative estimate of drug-likeness (QED) is 0.0241. The van der Waals surface area contributed by atoms with E-state index >= 15 is 0 Å². The molecular formula is C44H84NO8P. The molecule has 0 spiro atoms. The molecule has 0 aliphatic heterocycles. The third-order valence-corrected chi connectivity index (χ3v) is 10.6. The number of phosphoric acid groups is 1. The van der Waals surface area contributed by atoms with Gasteiger partial charge in [0.1, 0.15) is 12.7 Å². The smallest absolute Gasteiger partial charge is 0.463 e. The van der Waals surface area contributed by atoms with Crippen LogP contribution in [0.15, 0.2) is 24.3 Å². The number of amides is 1. The van der Waals surface area contributed by atoms with Crippen LogP contribution in [-0.4, -0.2) is 54.3 Å². The Balaban J connectivity index is 3.54. The lowest BCUT2D eigenvalue weighted by molar-refractivity contribution is -0.147. The van der Waals surface area contributed by atoms with E-state index in [-0.39, 0.29) is 32.1 Å². The van der Waals surface area contributed by atoms with Crippen LogP contribution in [0.5, 0.6) is 0 Å². The lowest BCUT2D eigenvalue weighted by Gasteiger charge is -2.15. The molecule has 2 unspecified atom stereocenters. The van der Waals surface area contributed by atoms with Gasteiger partial charge in [0.25, 0.3) is 0 Å². The van der Waals surface area contributed by atoms with E-state index in [1.165, 1.54) is 141 Å². The van der Waals surface area contributed by atoms with E-state index in [9.17, 15) is 24.2 Å². The van der Waals surface area contributed by atoms with E-state index in [2.05, 4.69) is 43.5 Å². The maximum atomic E-state index is 12.1. The fourth-order valence-electron chi connectivity index (χ4n) is 6.23. The molecule has 0 rings (SSSR count). The molecule has 0 aromatic heterocycles. The molecule has 54 heavy (non-hydrogen) atoms. The zero-order valence-electron chi connectivity index (χ0n) is 34.9. The number of aliphatic hydroxyl groups excluding tert-OH is 1. The molecule has 9 nitrogen and oxygen atoms in total. The molecule has 0 heterocycles. The summed E-state index contributed by atoms with van der Waals surface area (Å²) in [6.45, 7) is 3.53. The van der Waals surface area contributed by atoms with Gasteiger partial charge in [0.15, 0.2) is 0 Å². The second-order valence-electron chi connectivity index (χ2n) is 15.0. The Morgan fingerprint density at radius 1 is 0.574 bits per heavy atom. The normalized spacial score (nSPS) is 13.5. The standard InChI is InChI=1S/C44H84NO8P/c1-3-5-7-9-11-13-15-16-17-18-19-20-21-22-23-24-25-26-27-29-31-33-35-37-44(48)51-40-42(46)41-53-54(49,50)52-39-38-45-43(47)36-34-32-30-28-14-12-10-8-6-4-2/h11,13,16-17,42,46H,3-10,12,14-15,18-41H2,1-2H3,(H,45,47)(H,49,50)/b13-11-,17-16-. The van der Waals surface area contributed by atoms with Crippen LogP contribution in [0.25, 0.3) is 0 Å². The van der Waals surface area contributed by atoms with Crippen LogP contribution in [-0.2, 0) is 27.9 Å². The van der Waals surface area contributed by atoms with Crippen LogP contribution in [0.3, 0.4) is 0 Å². The Bertz CT molecular complexity index is 944. The van der Waals surface area contributed by atoms with E-state index in [0.29, 0.717) is 6.42 Å². The third-order valence-electron chi connectivity index (χ3n) is 9.63. The van der Waals surface area contributed by atoms with Crippen LogP contribution >= 0.6 is 7.82 Å². The van der Waals surface area contributed by atoms with Crippen molar-refractivity contribution in [2.24, 2.45) is 0 Å². The minimum absolute atomic E-state index is 0.0850. The first-order valence-electron chi connectivity index (χ1n) is 22.3. The summed E-state index contributed by atoms with van der Waals surface area (Å²) in [7, 11) is -4.41. The highest BCUT2D eigenvalue weighted by Crippen LogP contribution is 2.42. The molecule has 1 amide bonds. The fourth-order valence-corrected chi connectivity index (χ4v) is 6.99. The highest BCUT2D eigenvalue weighted by molar-refractivity contribution is 7.47. The summed E-state index contributed by atoms with van der Waals surface area (Å²) in [4.78, 5) is 33.8. The zero-order valence-corrected chi connectivity index (χ0v) is 35.8. The number of ether oxygens (including phenoxy) is 1. The van der Waals surface area contributed by atoms with E-state index in [1.807, 2.05) is 0 Å². The summed E-state index contributed by atoms with van der Waals surface area (Å²) in [5.41, 5.74) is 0. The molecule has 0 aliphatic carbocycles. The average Bonchev–Trinajstić information content (AvgIpc) is 3.16. The monoisotopic (exact) mass is 786 g/mol. The predicted molar refractivity (Wildman–Crippen MR) is 224 cm³/mol. The third kappa shape index (κ3) is 41.6. The second-order valence-corrected chi connectivity index (χ2v) is 16.5. The average molecular weight is 786 g/mol. The van der Waals surface area contributed by atoms with Gasteiger partial charge in [-0.3, -0.25) is 18.6 Å². The van der Waals surface area contributed by atoms with Crippen molar-refractivity contribution < 1.29 is 37.9 Å². The molecule has 0 bridgehead atoms. The minimum atomic E-state index is -4.41. The molecule has 318 valence electrons. The first-order chi connectivity index (χ1) is 26.3. The van der Waals surface area contributed by atoms with Gasteiger partial charge in [-0.05, 0) is 44.9 Å². The summed E-state index contributed by atoms with van der Waals surface area (Å²) < 4.78 is 26.8. The van der Waals surface area contributed by atoms with Crippen molar-refractivity contribution in [1.29, 1.82) is 0 Å². The molecule has 0 aromatic carbocycles. The van der Waals surface area contributed by atoms with Crippen LogP contribution < -0.4 is 5.32 Å². The van der Waals surface area contributed by atoms with Gasteiger partial charge in [-0.2, -0.15) is 0 Å². The van der Waals surface area contributed by atoms with Crippen molar-refractivity contribution in [2.75, 3.05) is 26.4 Å².